The molecule has 17 heavy (non-hydrogen) atoms. The van der Waals surface area contributed by atoms with Gasteiger partial charge in [0.25, 0.3) is 0 Å². The Morgan fingerprint density at radius 1 is 1.47 bits per heavy atom. The van der Waals surface area contributed by atoms with Crippen LogP contribution >= 0.6 is 23.2 Å². The van der Waals surface area contributed by atoms with Gasteiger partial charge < -0.3 is 9.64 Å². The second-order valence-corrected chi connectivity index (χ2v) is 4.85. The predicted octanol–water partition coefficient (Wildman–Crippen LogP) is 2.79. The van der Waals surface area contributed by atoms with Crippen LogP contribution in [0.15, 0.2) is 6.20 Å². The van der Waals surface area contributed by atoms with Crippen LogP contribution in [0.3, 0.4) is 0 Å². The molecule has 1 unspecified atom stereocenters. The second kappa shape index (κ2) is 5.85. The Kier molecular flexibility index (Phi) is 4.42. The van der Waals surface area contributed by atoms with E-state index in [2.05, 4.69) is 14.9 Å². The highest BCUT2D eigenvalue weighted by atomic mass is 35.5. The molecule has 0 bridgehead atoms. The molecular formula is C11H15Cl2N3O. The van der Waals surface area contributed by atoms with Gasteiger partial charge in [0.1, 0.15) is 5.02 Å². The highest BCUT2D eigenvalue weighted by molar-refractivity contribution is 6.33. The molecule has 0 N–H and O–H groups in total. The molecule has 1 aliphatic rings. The first-order valence-corrected chi connectivity index (χ1v) is 6.41. The molecule has 1 aliphatic heterocycles. The minimum absolute atomic E-state index is 0.228. The lowest BCUT2D eigenvalue weighted by molar-refractivity contribution is 0.166. The summed E-state index contributed by atoms with van der Waals surface area (Å²) in [7, 11) is 1.71. The number of rotatable bonds is 3. The summed E-state index contributed by atoms with van der Waals surface area (Å²) in [5, 5.41) is 0.767. The van der Waals surface area contributed by atoms with E-state index in [-0.39, 0.29) is 5.28 Å². The maximum Gasteiger partial charge on any atom is 0.224 e. The van der Waals surface area contributed by atoms with Gasteiger partial charge in [-0.3, -0.25) is 0 Å². The molecule has 1 fully saturated rings. The Labute approximate surface area is 111 Å². The zero-order valence-electron chi connectivity index (χ0n) is 9.70. The molecule has 0 spiro atoms. The van der Waals surface area contributed by atoms with Crippen LogP contribution in [0.2, 0.25) is 10.3 Å². The Hall–Kier alpha value is -0.580. The Morgan fingerprint density at radius 3 is 3.06 bits per heavy atom. The van der Waals surface area contributed by atoms with E-state index in [9.17, 15) is 0 Å². The van der Waals surface area contributed by atoms with Crippen LogP contribution in [0.1, 0.15) is 19.3 Å². The van der Waals surface area contributed by atoms with Crippen molar-refractivity contribution in [3.05, 3.63) is 16.5 Å². The van der Waals surface area contributed by atoms with E-state index in [1.54, 1.807) is 13.3 Å². The summed E-state index contributed by atoms with van der Waals surface area (Å²) >= 11 is 12.0. The fourth-order valence-corrected chi connectivity index (χ4v) is 2.51. The van der Waals surface area contributed by atoms with E-state index >= 15 is 0 Å². The van der Waals surface area contributed by atoms with Crippen molar-refractivity contribution >= 4 is 29.0 Å². The van der Waals surface area contributed by atoms with E-state index in [0.717, 1.165) is 19.4 Å². The zero-order chi connectivity index (χ0) is 12.3. The topological polar surface area (TPSA) is 38.2 Å². The molecule has 2 rings (SSSR count). The fraction of sp³-hybridized carbons (Fsp3) is 0.636. The monoisotopic (exact) mass is 275 g/mol. The van der Waals surface area contributed by atoms with Crippen molar-refractivity contribution in [1.82, 2.24) is 9.97 Å². The molecule has 0 aromatic carbocycles. The molecule has 0 saturated carbocycles. The number of piperidine rings is 1. The van der Waals surface area contributed by atoms with Crippen molar-refractivity contribution in [2.45, 2.75) is 25.3 Å². The van der Waals surface area contributed by atoms with Crippen molar-refractivity contribution in [2.75, 3.05) is 25.2 Å². The molecule has 1 aromatic heterocycles. The van der Waals surface area contributed by atoms with Crippen LogP contribution in [0.25, 0.3) is 0 Å². The quantitative estimate of drug-likeness (QED) is 0.796. The molecule has 0 radical (unpaired) electrons. The summed E-state index contributed by atoms with van der Waals surface area (Å²) < 4.78 is 5.24. The first-order valence-electron chi connectivity index (χ1n) is 5.66. The van der Waals surface area contributed by atoms with Crippen molar-refractivity contribution in [3.8, 4) is 0 Å². The molecule has 0 aliphatic carbocycles. The molecule has 2 heterocycles. The van der Waals surface area contributed by atoms with Gasteiger partial charge in [0.2, 0.25) is 5.28 Å². The van der Waals surface area contributed by atoms with Crippen molar-refractivity contribution < 1.29 is 4.74 Å². The largest absolute Gasteiger partial charge is 0.383 e. The number of nitrogens with zero attached hydrogens (tertiary/aromatic N) is 3. The van der Waals surface area contributed by atoms with Gasteiger partial charge in [-0.1, -0.05) is 11.6 Å². The third kappa shape index (κ3) is 3.00. The highest BCUT2D eigenvalue weighted by Crippen LogP contribution is 2.29. The highest BCUT2D eigenvalue weighted by Gasteiger charge is 2.25. The van der Waals surface area contributed by atoms with Crippen LogP contribution < -0.4 is 4.90 Å². The van der Waals surface area contributed by atoms with E-state index in [1.165, 1.54) is 6.42 Å². The van der Waals surface area contributed by atoms with Crippen LogP contribution in [0.5, 0.6) is 0 Å². The Morgan fingerprint density at radius 2 is 2.29 bits per heavy atom. The smallest absolute Gasteiger partial charge is 0.224 e. The van der Waals surface area contributed by atoms with Crippen molar-refractivity contribution in [2.24, 2.45) is 0 Å². The number of halogens is 2. The predicted molar refractivity (Wildman–Crippen MR) is 68.9 cm³/mol. The maximum atomic E-state index is 6.13. The van der Waals surface area contributed by atoms with E-state index in [4.69, 9.17) is 27.9 Å². The Bertz CT molecular complexity index is 387. The number of methoxy groups -OCH3 is 1. The summed E-state index contributed by atoms with van der Waals surface area (Å²) in [6.45, 7) is 1.61. The molecular weight excluding hydrogens is 261 g/mol. The SMILES string of the molecule is COCC1CCCCN1c1nc(Cl)ncc1Cl. The number of hydrogen-bond donors (Lipinski definition) is 0. The number of aromatic nitrogens is 2. The molecule has 1 aromatic rings. The van der Waals surface area contributed by atoms with Crippen LogP contribution in [0.4, 0.5) is 5.82 Å². The van der Waals surface area contributed by atoms with Gasteiger partial charge in [0, 0.05) is 13.7 Å². The number of hydrogen-bond acceptors (Lipinski definition) is 4. The van der Waals surface area contributed by atoms with Gasteiger partial charge in [-0.25, -0.2) is 4.98 Å². The van der Waals surface area contributed by atoms with Crippen LogP contribution in [-0.2, 0) is 4.74 Å². The van der Waals surface area contributed by atoms with Gasteiger partial charge >= 0.3 is 0 Å². The van der Waals surface area contributed by atoms with Crippen LogP contribution in [-0.4, -0.2) is 36.3 Å². The lowest BCUT2D eigenvalue weighted by Crippen LogP contribution is -2.43. The van der Waals surface area contributed by atoms with Gasteiger partial charge in [-0.2, -0.15) is 4.98 Å². The van der Waals surface area contributed by atoms with Crippen LogP contribution in [0, 0.1) is 0 Å². The fourth-order valence-electron chi connectivity index (χ4n) is 2.18. The van der Waals surface area contributed by atoms with Crippen molar-refractivity contribution in [1.29, 1.82) is 0 Å². The summed E-state index contributed by atoms with van der Waals surface area (Å²) in [6, 6.07) is 0.317. The molecule has 1 atom stereocenters. The first-order chi connectivity index (χ1) is 8.22. The van der Waals surface area contributed by atoms with Gasteiger partial charge in [0.15, 0.2) is 5.82 Å². The van der Waals surface area contributed by atoms with Crippen molar-refractivity contribution in [3.63, 3.8) is 0 Å². The molecule has 1 saturated heterocycles. The normalized spacial score (nSPS) is 20.6. The third-order valence-corrected chi connectivity index (χ3v) is 3.40. The maximum absolute atomic E-state index is 6.13. The molecule has 6 heteroatoms. The average Bonchev–Trinajstić information content (AvgIpc) is 2.34. The zero-order valence-corrected chi connectivity index (χ0v) is 11.2. The number of anilines is 1. The summed E-state index contributed by atoms with van der Waals surface area (Å²) in [4.78, 5) is 10.3. The third-order valence-electron chi connectivity index (χ3n) is 2.95. The number of ether oxygens (including phenoxy) is 1. The van der Waals surface area contributed by atoms with E-state index in [1.807, 2.05) is 0 Å². The van der Waals surface area contributed by atoms with Gasteiger partial charge in [0.05, 0.1) is 18.8 Å². The minimum atomic E-state index is 0.228. The summed E-state index contributed by atoms with van der Waals surface area (Å²) in [5.74, 6) is 0.716. The minimum Gasteiger partial charge on any atom is -0.383 e. The van der Waals surface area contributed by atoms with E-state index < -0.39 is 0 Å². The second-order valence-electron chi connectivity index (χ2n) is 4.11. The molecule has 0 amide bonds. The summed E-state index contributed by atoms with van der Waals surface area (Å²) in [5.41, 5.74) is 0. The molecule has 94 valence electrons. The lowest BCUT2D eigenvalue weighted by atomic mass is 10.0. The lowest BCUT2D eigenvalue weighted by Gasteiger charge is -2.36. The first kappa shape index (κ1) is 12.9. The van der Waals surface area contributed by atoms with Gasteiger partial charge in [-0.15, -0.1) is 0 Å². The van der Waals surface area contributed by atoms with E-state index in [0.29, 0.717) is 23.5 Å². The average molecular weight is 276 g/mol. The van der Waals surface area contributed by atoms with Gasteiger partial charge in [-0.05, 0) is 30.9 Å². The Balaban J connectivity index is 2.25. The molecule has 4 nitrogen and oxygen atoms in total. The summed E-state index contributed by atoms with van der Waals surface area (Å²) in [6.07, 6.45) is 4.98. The standard InChI is InChI=1S/C11H15Cl2N3O/c1-17-7-8-4-2-3-5-16(8)10-9(12)6-14-11(13)15-10/h6,8H,2-5,7H2,1H3.